The number of nitrogens with one attached hydrogen (secondary N) is 2. The summed E-state index contributed by atoms with van der Waals surface area (Å²) in [6, 6.07) is 9.25. The zero-order valence-corrected chi connectivity index (χ0v) is 10.4. The number of anilines is 2. The van der Waals surface area contributed by atoms with E-state index in [1.165, 1.54) is 11.6 Å². The molecule has 2 aromatic rings. The van der Waals surface area contributed by atoms with Gasteiger partial charge in [-0.3, -0.25) is 9.78 Å². The third kappa shape index (κ3) is 3.18. The molecule has 0 aliphatic carbocycles. The molecule has 5 nitrogen and oxygen atoms in total. The largest absolute Gasteiger partial charge is 0.378 e. The Balaban J connectivity index is 2.23. The van der Waals surface area contributed by atoms with Gasteiger partial charge in [-0.15, -0.1) is 0 Å². The van der Waals surface area contributed by atoms with E-state index in [9.17, 15) is 4.79 Å². The molecule has 2 rings (SSSR count). The molecule has 1 aromatic carbocycles. The van der Waals surface area contributed by atoms with E-state index in [0.717, 1.165) is 5.69 Å². The van der Waals surface area contributed by atoms with Crippen LogP contribution in [0.4, 0.5) is 11.6 Å². The second-order valence-electron chi connectivity index (χ2n) is 4.01. The fourth-order valence-corrected chi connectivity index (χ4v) is 1.56. The van der Waals surface area contributed by atoms with Gasteiger partial charge in [-0.05, 0) is 19.1 Å². The van der Waals surface area contributed by atoms with Gasteiger partial charge >= 0.3 is 0 Å². The Morgan fingerprint density at radius 2 is 2.06 bits per heavy atom. The maximum Gasteiger partial charge on any atom is 0.252 e. The molecule has 0 aliphatic rings. The van der Waals surface area contributed by atoms with Crippen LogP contribution < -0.4 is 10.9 Å². The molecule has 0 radical (unpaired) electrons. The van der Waals surface area contributed by atoms with E-state index in [0.29, 0.717) is 18.2 Å². The summed E-state index contributed by atoms with van der Waals surface area (Å²) in [4.78, 5) is 18.3. The van der Waals surface area contributed by atoms with Gasteiger partial charge in [0.25, 0.3) is 5.56 Å². The van der Waals surface area contributed by atoms with Gasteiger partial charge in [-0.2, -0.15) is 0 Å². The van der Waals surface area contributed by atoms with E-state index >= 15 is 0 Å². The molecule has 18 heavy (non-hydrogen) atoms. The summed E-state index contributed by atoms with van der Waals surface area (Å²) >= 11 is 0. The van der Waals surface area contributed by atoms with Crippen LogP contribution in [0, 0.1) is 6.92 Å². The molecule has 94 valence electrons. The summed E-state index contributed by atoms with van der Waals surface area (Å²) in [7, 11) is 1.57. The summed E-state index contributed by atoms with van der Waals surface area (Å²) in [6.45, 7) is 2.33. The van der Waals surface area contributed by atoms with Crippen molar-refractivity contribution < 1.29 is 4.74 Å². The van der Waals surface area contributed by atoms with Crippen molar-refractivity contribution in [1.29, 1.82) is 0 Å². The topological polar surface area (TPSA) is 67.0 Å². The van der Waals surface area contributed by atoms with Crippen molar-refractivity contribution in [2.45, 2.75) is 13.5 Å². The standard InChI is InChI=1S/C13H15N3O2/c1-9-3-5-10(6-4-9)14-13-15-11(8-18-2)7-12(17)16-13/h3-7H,8H2,1-2H3,(H2,14,15,16,17). The van der Waals surface area contributed by atoms with Crippen molar-refractivity contribution in [2.75, 3.05) is 12.4 Å². The fourth-order valence-electron chi connectivity index (χ4n) is 1.56. The highest BCUT2D eigenvalue weighted by atomic mass is 16.5. The van der Waals surface area contributed by atoms with Crippen molar-refractivity contribution in [3.63, 3.8) is 0 Å². The highest BCUT2D eigenvalue weighted by Crippen LogP contribution is 2.12. The number of methoxy groups -OCH3 is 1. The summed E-state index contributed by atoms with van der Waals surface area (Å²) < 4.78 is 4.96. The highest BCUT2D eigenvalue weighted by molar-refractivity contribution is 5.53. The molecule has 0 saturated heterocycles. The maximum atomic E-state index is 11.4. The second kappa shape index (κ2) is 5.46. The second-order valence-corrected chi connectivity index (χ2v) is 4.01. The number of nitrogens with zero attached hydrogens (tertiary/aromatic N) is 1. The Labute approximate surface area is 105 Å². The predicted octanol–water partition coefficient (Wildman–Crippen LogP) is 1.97. The van der Waals surface area contributed by atoms with Gasteiger partial charge in [0.1, 0.15) is 0 Å². The minimum absolute atomic E-state index is 0.202. The average Bonchev–Trinajstić information content (AvgIpc) is 2.32. The van der Waals surface area contributed by atoms with Crippen LogP contribution >= 0.6 is 0 Å². The molecule has 0 atom stereocenters. The van der Waals surface area contributed by atoms with Crippen molar-refractivity contribution in [3.8, 4) is 0 Å². The van der Waals surface area contributed by atoms with Crippen LogP contribution in [0.5, 0.6) is 0 Å². The smallest absolute Gasteiger partial charge is 0.252 e. The Bertz CT molecular complexity index is 576. The van der Waals surface area contributed by atoms with E-state index in [2.05, 4.69) is 15.3 Å². The summed E-state index contributed by atoms with van der Waals surface area (Å²) in [5.41, 5.74) is 2.44. The van der Waals surface area contributed by atoms with Gasteiger partial charge in [-0.25, -0.2) is 4.98 Å². The van der Waals surface area contributed by atoms with Gasteiger partial charge in [-0.1, -0.05) is 17.7 Å². The number of aromatic amines is 1. The van der Waals surface area contributed by atoms with Crippen LogP contribution in [0.15, 0.2) is 35.1 Å². The van der Waals surface area contributed by atoms with Gasteiger partial charge in [0.05, 0.1) is 12.3 Å². The van der Waals surface area contributed by atoms with Gasteiger partial charge in [0.15, 0.2) is 0 Å². The number of aromatic nitrogens is 2. The molecule has 0 spiro atoms. The Hall–Kier alpha value is -2.14. The Kier molecular flexibility index (Phi) is 3.74. The number of aryl methyl sites for hydroxylation is 1. The van der Waals surface area contributed by atoms with E-state index in [4.69, 9.17) is 4.74 Å². The van der Waals surface area contributed by atoms with E-state index in [1.807, 2.05) is 31.2 Å². The summed E-state index contributed by atoms with van der Waals surface area (Å²) in [5.74, 6) is 0.415. The van der Waals surface area contributed by atoms with Crippen LogP contribution in [-0.2, 0) is 11.3 Å². The summed E-state index contributed by atoms with van der Waals surface area (Å²) in [5, 5.41) is 3.05. The first kappa shape index (κ1) is 12.3. The van der Waals surface area contributed by atoms with Crippen LogP contribution in [-0.4, -0.2) is 17.1 Å². The molecule has 0 unspecified atom stereocenters. The lowest BCUT2D eigenvalue weighted by Crippen LogP contribution is -2.12. The normalized spacial score (nSPS) is 10.3. The van der Waals surface area contributed by atoms with Crippen molar-refractivity contribution in [1.82, 2.24) is 9.97 Å². The number of rotatable bonds is 4. The minimum atomic E-state index is -0.202. The van der Waals surface area contributed by atoms with Crippen molar-refractivity contribution >= 4 is 11.6 Å². The van der Waals surface area contributed by atoms with Crippen LogP contribution in [0.3, 0.4) is 0 Å². The molecule has 2 N–H and O–H groups in total. The quantitative estimate of drug-likeness (QED) is 0.864. The third-order valence-corrected chi connectivity index (χ3v) is 2.40. The number of benzene rings is 1. The maximum absolute atomic E-state index is 11.4. The Morgan fingerprint density at radius 1 is 1.33 bits per heavy atom. The van der Waals surface area contributed by atoms with Crippen LogP contribution in [0.2, 0.25) is 0 Å². The minimum Gasteiger partial charge on any atom is -0.378 e. The van der Waals surface area contributed by atoms with Crippen molar-refractivity contribution in [2.24, 2.45) is 0 Å². The van der Waals surface area contributed by atoms with E-state index < -0.39 is 0 Å². The van der Waals surface area contributed by atoms with E-state index in [-0.39, 0.29) is 5.56 Å². The Morgan fingerprint density at radius 3 is 2.72 bits per heavy atom. The van der Waals surface area contributed by atoms with Crippen LogP contribution in [0.1, 0.15) is 11.3 Å². The average molecular weight is 245 g/mol. The zero-order valence-electron chi connectivity index (χ0n) is 10.4. The lowest BCUT2D eigenvalue weighted by Gasteiger charge is -2.07. The van der Waals surface area contributed by atoms with Gasteiger partial charge in [0.2, 0.25) is 5.95 Å². The van der Waals surface area contributed by atoms with Gasteiger partial charge in [0, 0.05) is 18.9 Å². The first-order valence-corrected chi connectivity index (χ1v) is 5.60. The SMILES string of the molecule is COCc1cc(=O)[nH]c(Nc2ccc(C)cc2)n1. The lowest BCUT2D eigenvalue weighted by molar-refractivity contribution is 0.181. The van der Waals surface area contributed by atoms with Gasteiger partial charge < -0.3 is 10.1 Å². The molecule has 0 saturated carbocycles. The van der Waals surface area contributed by atoms with E-state index in [1.54, 1.807) is 7.11 Å². The number of hydrogen-bond acceptors (Lipinski definition) is 4. The molecule has 0 aliphatic heterocycles. The first-order chi connectivity index (χ1) is 8.67. The lowest BCUT2D eigenvalue weighted by atomic mass is 10.2. The molecule has 1 aromatic heterocycles. The molecule has 0 amide bonds. The number of H-pyrrole nitrogens is 1. The highest BCUT2D eigenvalue weighted by Gasteiger charge is 2.01. The number of ether oxygens (including phenoxy) is 1. The zero-order chi connectivity index (χ0) is 13.0. The van der Waals surface area contributed by atoms with Crippen molar-refractivity contribution in [3.05, 3.63) is 51.9 Å². The molecule has 0 bridgehead atoms. The molecule has 5 heteroatoms. The molecule has 0 fully saturated rings. The number of hydrogen-bond donors (Lipinski definition) is 2. The van der Waals surface area contributed by atoms with Crippen LogP contribution in [0.25, 0.3) is 0 Å². The third-order valence-electron chi connectivity index (χ3n) is 2.40. The molecular formula is C13H15N3O2. The fraction of sp³-hybridized carbons (Fsp3) is 0.231. The molecule has 1 heterocycles. The summed E-state index contributed by atoms with van der Waals surface area (Å²) in [6.07, 6.45) is 0. The monoisotopic (exact) mass is 245 g/mol. The predicted molar refractivity (Wildman–Crippen MR) is 70.0 cm³/mol. The molecular weight excluding hydrogens is 230 g/mol. The first-order valence-electron chi connectivity index (χ1n) is 5.60.